The fourth-order valence-electron chi connectivity index (χ4n) is 1.93. The average molecular weight is 336 g/mol. The summed E-state index contributed by atoms with van der Waals surface area (Å²) >= 11 is 1.56. The third kappa shape index (κ3) is 4.84. The van der Waals surface area contributed by atoms with Crippen LogP contribution in [0.1, 0.15) is 17.5 Å². The second-order valence-corrected chi connectivity index (χ2v) is 7.56. The Morgan fingerprint density at radius 2 is 2.05 bits per heavy atom. The number of nitrogen functional groups attached to an aromatic ring is 1. The fraction of sp³-hybridized carbons (Fsp3) is 0.538. The standard InChI is InChI=1S/C13H21FN2O3S2/c1-9-8-11(14)12(15)10(2)13(9)21(18,19)16-4-7-20-6-3-5-17/h8,16-17H,3-7,15H2,1-2H3. The van der Waals surface area contributed by atoms with Gasteiger partial charge in [-0.1, -0.05) is 0 Å². The summed E-state index contributed by atoms with van der Waals surface area (Å²) in [6.07, 6.45) is 0.685. The zero-order chi connectivity index (χ0) is 16.0. The molecule has 0 aliphatic carbocycles. The van der Waals surface area contributed by atoms with Gasteiger partial charge in [0, 0.05) is 18.9 Å². The fourth-order valence-corrected chi connectivity index (χ4v) is 4.36. The molecule has 0 unspecified atom stereocenters. The van der Waals surface area contributed by atoms with E-state index in [1.807, 2.05) is 0 Å². The lowest BCUT2D eigenvalue weighted by molar-refractivity contribution is 0.296. The molecular weight excluding hydrogens is 315 g/mol. The van der Waals surface area contributed by atoms with Crippen LogP contribution in [0.15, 0.2) is 11.0 Å². The molecule has 0 heterocycles. The molecule has 120 valence electrons. The molecule has 0 fully saturated rings. The van der Waals surface area contributed by atoms with Gasteiger partial charge in [-0.05, 0) is 43.2 Å². The third-order valence-electron chi connectivity index (χ3n) is 2.96. The molecule has 8 heteroatoms. The third-order valence-corrected chi connectivity index (χ3v) is 5.78. The van der Waals surface area contributed by atoms with E-state index in [9.17, 15) is 12.8 Å². The highest BCUT2D eigenvalue weighted by Crippen LogP contribution is 2.27. The number of rotatable bonds is 8. The van der Waals surface area contributed by atoms with Crippen LogP contribution >= 0.6 is 11.8 Å². The Morgan fingerprint density at radius 1 is 1.38 bits per heavy atom. The van der Waals surface area contributed by atoms with Crippen molar-refractivity contribution in [3.63, 3.8) is 0 Å². The predicted molar refractivity (Wildman–Crippen MR) is 84.5 cm³/mol. The molecule has 5 nitrogen and oxygen atoms in total. The number of benzene rings is 1. The molecule has 0 saturated heterocycles. The molecule has 0 atom stereocenters. The minimum Gasteiger partial charge on any atom is -0.396 e. The Bertz CT molecular complexity index is 592. The lowest BCUT2D eigenvalue weighted by atomic mass is 10.1. The van der Waals surface area contributed by atoms with Crippen molar-refractivity contribution < 1.29 is 17.9 Å². The Kier molecular flexibility index (Phi) is 6.92. The van der Waals surface area contributed by atoms with Gasteiger partial charge < -0.3 is 10.8 Å². The van der Waals surface area contributed by atoms with Crippen LogP contribution in [0, 0.1) is 19.7 Å². The molecule has 1 aromatic carbocycles. The highest BCUT2D eigenvalue weighted by molar-refractivity contribution is 7.99. The SMILES string of the molecule is Cc1cc(F)c(N)c(C)c1S(=O)(=O)NCCSCCCO. The number of hydrogen-bond acceptors (Lipinski definition) is 5. The van der Waals surface area contributed by atoms with E-state index in [-0.39, 0.29) is 29.3 Å². The molecule has 1 rings (SSSR count). The molecule has 0 aliphatic heterocycles. The van der Waals surface area contributed by atoms with Crippen LogP contribution in [0.3, 0.4) is 0 Å². The normalized spacial score (nSPS) is 11.8. The van der Waals surface area contributed by atoms with Gasteiger partial charge in [-0.2, -0.15) is 11.8 Å². The van der Waals surface area contributed by atoms with Gasteiger partial charge in [-0.25, -0.2) is 17.5 Å². The number of halogens is 1. The Morgan fingerprint density at radius 3 is 2.67 bits per heavy atom. The van der Waals surface area contributed by atoms with Crippen LogP contribution in [0.4, 0.5) is 10.1 Å². The smallest absolute Gasteiger partial charge is 0.241 e. The van der Waals surface area contributed by atoms with Gasteiger partial charge in [0.05, 0.1) is 10.6 Å². The van der Waals surface area contributed by atoms with Crippen molar-refractivity contribution >= 4 is 27.5 Å². The van der Waals surface area contributed by atoms with Crippen molar-refractivity contribution in [2.45, 2.75) is 25.2 Å². The van der Waals surface area contributed by atoms with E-state index in [1.165, 1.54) is 6.92 Å². The van der Waals surface area contributed by atoms with Crippen LogP contribution in [0.5, 0.6) is 0 Å². The van der Waals surface area contributed by atoms with E-state index in [1.54, 1.807) is 18.7 Å². The maximum absolute atomic E-state index is 13.5. The largest absolute Gasteiger partial charge is 0.396 e. The molecule has 0 aliphatic rings. The van der Waals surface area contributed by atoms with Gasteiger partial charge in [0.1, 0.15) is 5.82 Å². The number of sulfonamides is 1. The molecule has 0 spiro atoms. The van der Waals surface area contributed by atoms with Gasteiger partial charge in [-0.3, -0.25) is 0 Å². The molecule has 21 heavy (non-hydrogen) atoms. The number of anilines is 1. The topological polar surface area (TPSA) is 92.4 Å². The Hall–Kier alpha value is -0.830. The monoisotopic (exact) mass is 336 g/mol. The summed E-state index contributed by atoms with van der Waals surface area (Å²) in [7, 11) is -3.71. The van der Waals surface area contributed by atoms with E-state index in [0.717, 1.165) is 11.8 Å². The number of hydrogen-bond donors (Lipinski definition) is 3. The zero-order valence-electron chi connectivity index (χ0n) is 12.1. The first-order valence-electron chi connectivity index (χ1n) is 6.54. The van der Waals surface area contributed by atoms with Crippen molar-refractivity contribution in [1.82, 2.24) is 4.72 Å². The lowest BCUT2D eigenvalue weighted by Crippen LogP contribution is -2.28. The van der Waals surface area contributed by atoms with Gasteiger partial charge in [0.25, 0.3) is 0 Å². The van der Waals surface area contributed by atoms with Crippen LogP contribution < -0.4 is 10.5 Å². The van der Waals surface area contributed by atoms with Gasteiger partial charge in [0.15, 0.2) is 0 Å². The molecule has 0 aromatic heterocycles. The quantitative estimate of drug-likeness (QED) is 0.493. The Labute approximate surface area is 129 Å². The zero-order valence-corrected chi connectivity index (χ0v) is 13.8. The summed E-state index contributed by atoms with van der Waals surface area (Å²) in [4.78, 5) is 0.0433. The van der Waals surface area contributed by atoms with Crippen molar-refractivity contribution in [2.75, 3.05) is 30.4 Å². The van der Waals surface area contributed by atoms with Crippen molar-refractivity contribution in [2.24, 2.45) is 0 Å². The van der Waals surface area contributed by atoms with E-state index in [4.69, 9.17) is 10.8 Å². The molecular formula is C13H21FN2O3S2. The minimum atomic E-state index is -3.71. The number of aliphatic hydroxyl groups is 1. The van der Waals surface area contributed by atoms with Gasteiger partial charge >= 0.3 is 0 Å². The van der Waals surface area contributed by atoms with Crippen LogP contribution in [0.2, 0.25) is 0 Å². The van der Waals surface area contributed by atoms with Crippen molar-refractivity contribution in [1.29, 1.82) is 0 Å². The summed E-state index contributed by atoms with van der Waals surface area (Å²) in [5.41, 5.74) is 5.99. The molecule has 0 amide bonds. The molecule has 0 bridgehead atoms. The number of nitrogens with one attached hydrogen (secondary N) is 1. The highest BCUT2D eigenvalue weighted by Gasteiger charge is 2.22. The number of thioether (sulfide) groups is 1. The Balaban J connectivity index is 2.78. The molecule has 1 aromatic rings. The molecule has 4 N–H and O–H groups in total. The van der Waals surface area contributed by atoms with E-state index >= 15 is 0 Å². The number of nitrogens with two attached hydrogens (primary N) is 1. The number of aliphatic hydroxyl groups excluding tert-OH is 1. The van der Waals surface area contributed by atoms with Gasteiger partial charge in [-0.15, -0.1) is 0 Å². The first kappa shape index (κ1) is 18.2. The minimum absolute atomic E-state index is 0.0433. The van der Waals surface area contributed by atoms with Crippen LogP contribution in [-0.2, 0) is 10.0 Å². The van der Waals surface area contributed by atoms with Crippen molar-refractivity contribution in [3.8, 4) is 0 Å². The van der Waals surface area contributed by atoms with E-state index in [0.29, 0.717) is 17.7 Å². The van der Waals surface area contributed by atoms with E-state index < -0.39 is 15.8 Å². The van der Waals surface area contributed by atoms with Crippen LogP contribution in [0.25, 0.3) is 0 Å². The lowest BCUT2D eigenvalue weighted by Gasteiger charge is -2.14. The summed E-state index contributed by atoms with van der Waals surface area (Å²) in [5.74, 6) is 0.775. The van der Waals surface area contributed by atoms with Crippen LogP contribution in [-0.4, -0.2) is 38.2 Å². The predicted octanol–water partition coefficient (Wildman–Crippen LogP) is 1.42. The van der Waals surface area contributed by atoms with Crippen molar-refractivity contribution in [3.05, 3.63) is 23.0 Å². The first-order chi connectivity index (χ1) is 9.81. The second-order valence-electron chi connectivity index (χ2n) is 4.63. The molecule has 0 saturated carbocycles. The first-order valence-corrected chi connectivity index (χ1v) is 9.18. The highest BCUT2D eigenvalue weighted by atomic mass is 32.2. The second kappa shape index (κ2) is 7.98. The molecule has 0 radical (unpaired) electrons. The summed E-state index contributed by atoms with van der Waals surface area (Å²) in [5, 5.41) is 8.64. The van der Waals surface area contributed by atoms with Gasteiger partial charge in [0.2, 0.25) is 10.0 Å². The maximum atomic E-state index is 13.5. The average Bonchev–Trinajstić information content (AvgIpc) is 2.40. The number of aryl methyl sites for hydroxylation is 1. The maximum Gasteiger partial charge on any atom is 0.241 e. The summed E-state index contributed by atoms with van der Waals surface area (Å²) in [6, 6.07) is 1.13. The summed E-state index contributed by atoms with van der Waals surface area (Å²) in [6.45, 7) is 3.44. The summed E-state index contributed by atoms with van der Waals surface area (Å²) < 4.78 is 40.5. The van der Waals surface area contributed by atoms with E-state index in [2.05, 4.69) is 4.72 Å².